The molecule has 0 fully saturated rings. The SMILES string of the molecule is COCC(NCc1cccc2c1OC(C)(C)C2)C(C)C. The lowest BCUT2D eigenvalue weighted by atomic mass is 10.00. The molecule has 0 saturated heterocycles. The molecule has 1 aliphatic rings. The maximum absolute atomic E-state index is 6.11. The zero-order valence-electron chi connectivity index (χ0n) is 13.3. The second-order valence-corrected chi connectivity index (χ2v) is 6.63. The molecule has 0 radical (unpaired) electrons. The first-order valence-electron chi connectivity index (χ1n) is 7.45. The van der Waals surface area contributed by atoms with Gasteiger partial charge in [0.25, 0.3) is 0 Å². The van der Waals surface area contributed by atoms with Crippen LogP contribution in [0.25, 0.3) is 0 Å². The first kappa shape index (κ1) is 15.3. The van der Waals surface area contributed by atoms with Gasteiger partial charge < -0.3 is 14.8 Å². The topological polar surface area (TPSA) is 30.5 Å². The summed E-state index contributed by atoms with van der Waals surface area (Å²) in [6.45, 7) is 10.3. The van der Waals surface area contributed by atoms with Crippen LogP contribution in [0.15, 0.2) is 18.2 Å². The summed E-state index contributed by atoms with van der Waals surface area (Å²) in [6, 6.07) is 6.81. The molecular weight excluding hydrogens is 250 g/mol. The molecule has 3 heteroatoms. The fourth-order valence-electron chi connectivity index (χ4n) is 2.73. The monoisotopic (exact) mass is 277 g/mol. The van der Waals surface area contributed by atoms with Crippen LogP contribution in [0.5, 0.6) is 5.75 Å². The number of rotatable bonds is 6. The maximum atomic E-state index is 6.11. The largest absolute Gasteiger partial charge is 0.487 e. The van der Waals surface area contributed by atoms with E-state index in [0.29, 0.717) is 12.0 Å². The Morgan fingerprint density at radius 3 is 2.75 bits per heavy atom. The van der Waals surface area contributed by atoms with Gasteiger partial charge in [0.2, 0.25) is 0 Å². The Balaban J connectivity index is 2.06. The summed E-state index contributed by atoms with van der Waals surface area (Å²) in [5.41, 5.74) is 2.49. The van der Waals surface area contributed by atoms with E-state index in [1.165, 1.54) is 11.1 Å². The summed E-state index contributed by atoms with van der Waals surface area (Å²) in [4.78, 5) is 0. The van der Waals surface area contributed by atoms with E-state index >= 15 is 0 Å². The molecule has 1 heterocycles. The Labute approximate surface area is 122 Å². The predicted octanol–water partition coefficient (Wildman–Crippen LogP) is 3.16. The highest BCUT2D eigenvalue weighted by atomic mass is 16.5. The number of fused-ring (bicyclic) bond motifs is 1. The average Bonchev–Trinajstić information content (AvgIpc) is 2.68. The quantitative estimate of drug-likeness (QED) is 0.866. The van der Waals surface area contributed by atoms with Crippen LogP contribution in [-0.2, 0) is 17.7 Å². The second-order valence-electron chi connectivity index (χ2n) is 6.63. The zero-order valence-corrected chi connectivity index (χ0v) is 13.3. The van der Waals surface area contributed by atoms with Crippen LogP contribution in [-0.4, -0.2) is 25.4 Å². The third kappa shape index (κ3) is 3.53. The highest BCUT2D eigenvalue weighted by Gasteiger charge is 2.31. The van der Waals surface area contributed by atoms with Crippen LogP contribution < -0.4 is 10.1 Å². The van der Waals surface area contributed by atoms with Crippen molar-refractivity contribution < 1.29 is 9.47 Å². The van der Waals surface area contributed by atoms with Gasteiger partial charge in [-0.3, -0.25) is 0 Å². The molecule has 0 amide bonds. The normalized spacial score (nSPS) is 17.9. The van der Waals surface area contributed by atoms with Crippen molar-refractivity contribution in [1.29, 1.82) is 0 Å². The summed E-state index contributed by atoms with van der Waals surface area (Å²) < 4.78 is 11.4. The van der Waals surface area contributed by atoms with Crippen molar-refractivity contribution in [2.24, 2.45) is 5.92 Å². The van der Waals surface area contributed by atoms with E-state index in [9.17, 15) is 0 Å². The molecule has 1 aromatic carbocycles. The lowest BCUT2D eigenvalue weighted by molar-refractivity contribution is 0.134. The second kappa shape index (κ2) is 6.15. The molecule has 1 N–H and O–H groups in total. The third-order valence-corrected chi connectivity index (χ3v) is 3.88. The van der Waals surface area contributed by atoms with E-state index in [1.807, 2.05) is 0 Å². The number of hydrogen-bond donors (Lipinski definition) is 1. The molecule has 3 nitrogen and oxygen atoms in total. The van der Waals surface area contributed by atoms with Crippen molar-refractivity contribution in [1.82, 2.24) is 5.32 Å². The number of para-hydroxylation sites is 1. The van der Waals surface area contributed by atoms with Crippen molar-refractivity contribution in [2.75, 3.05) is 13.7 Å². The Kier molecular flexibility index (Phi) is 4.71. The number of benzene rings is 1. The molecule has 0 saturated carbocycles. The minimum Gasteiger partial charge on any atom is -0.487 e. The molecule has 1 aromatic rings. The first-order chi connectivity index (χ1) is 9.43. The summed E-state index contributed by atoms with van der Waals surface area (Å²) in [6.07, 6.45) is 0.988. The number of methoxy groups -OCH3 is 1. The lowest BCUT2D eigenvalue weighted by Gasteiger charge is -2.23. The van der Waals surface area contributed by atoms with Crippen LogP contribution in [0.4, 0.5) is 0 Å². The Bertz CT molecular complexity index is 454. The molecule has 1 unspecified atom stereocenters. The van der Waals surface area contributed by atoms with Gasteiger partial charge in [0.15, 0.2) is 0 Å². The molecule has 1 aliphatic heterocycles. The van der Waals surface area contributed by atoms with Crippen molar-refractivity contribution in [3.05, 3.63) is 29.3 Å². The molecule has 0 bridgehead atoms. The van der Waals surface area contributed by atoms with E-state index in [1.54, 1.807) is 7.11 Å². The van der Waals surface area contributed by atoms with Crippen LogP contribution in [0.3, 0.4) is 0 Å². The van der Waals surface area contributed by atoms with Gasteiger partial charge in [-0.2, -0.15) is 0 Å². The van der Waals surface area contributed by atoms with Crippen LogP contribution in [0.1, 0.15) is 38.8 Å². The molecule has 0 spiro atoms. The predicted molar refractivity (Wildman–Crippen MR) is 82.2 cm³/mol. The average molecular weight is 277 g/mol. The number of ether oxygens (including phenoxy) is 2. The third-order valence-electron chi connectivity index (χ3n) is 3.88. The Morgan fingerprint density at radius 1 is 1.35 bits per heavy atom. The molecule has 2 rings (SSSR count). The first-order valence-corrected chi connectivity index (χ1v) is 7.45. The Hall–Kier alpha value is -1.06. The number of hydrogen-bond acceptors (Lipinski definition) is 3. The van der Waals surface area contributed by atoms with Gasteiger partial charge in [-0.1, -0.05) is 32.0 Å². The summed E-state index contributed by atoms with van der Waals surface area (Å²) in [7, 11) is 1.75. The van der Waals surface area contributed by atoms with Crippen molar-refractivity contribution >= 4 is 0 Å². The van der Waals surface area contributed by atoms with Gasteiger partial charge in [0.05, 0.1) is 6.61 Å². The van der Waals surface area contributed by atoms with Crippen LogP contribution in [0.2, 0.25) is 0 Å². The van der Waals surface area contributed by atoms with Gasteiger partial charge in [-0.15, -0.1) is 0 Å². The van der Waals surface area contributed by atoms with Crippen molar-refractivity contribution in [2.45, 2.75) is 52.3 Å². The van der Waals surface area contributed by atoms with E-state index in [-0.39, 0.29) is 5.60 Å². The highest BCUT2D eigenvalue weighted by Crippen LogP contribution is 2.37. The van der Waals surface area contributed by atoms with E-state index in [0.717, 1.165) is 25.3 Å². The fourth-order valence-corrected chi connectivity index (χ4v) is 2.73. The van der Waals surface area contributed by atoms with Crippen molar-refractivity contribution in [3.63, 3.8) is 0 Å². The van der Waals surface area contributed by atoms with Crippen molar-refractivity contribution in [3.8, 4) is 5.75 Å². The minimum absolute atomic E-state index is 0.0809. The Morgan fingerprint density at radius 2 is 2.10 bits per heavy atom. The molecule has 1 atom stereocenters. The molecule has 112 valence electrons. The summed E-state index contributed by atoms with van der Waals surface area (Å²) in [5.74, 6) is 1.62. The van der Waals surface area contributed by atoms with E-state index < -0.39 is 0 Å². The zero-order chi connectivity index (χ0) is 14.8. The van der Waals surface area contributed by atoms with Gasteiger partial charge >= 0.3 is 0 Å². The van der Waals surface area contributed by atoms with Gasteiger partial charge in [0, 0.05) is 31.7 Å². The highest BCUT2D eigenvalue weighted by molar-refractivity contribution is 5.45. The van der Waals surface area contributed by atoms with E-state index in [4.69, 9.17) is 9.47 Å². The van der Waals surface area contributed by atoms with Gasteiger partial charge in [0.1, 0.15) is 11.4 Å². The van der Waals surface area contributed by atoms with Crippen LogP contribution >= 0.6 is 0 Å². The smallest absolute Gasteiger partial charge is 0.127 e. The summed E-state index contributed by atoms with van der Waals surface area (Å²) in [5, 5.41) is 3.59. The van der Waals surface area contributed by atoms with Gasteiger partial charge in [-0.25, -0.2) is 0 Å². The fraction of sp³-hybridized carbons (Fsp3) is 0.647. The van der Waals surface area contributed by atoms with Gasteiger partial charge in [-0.05, 0) is 25.3 Å². The minimum atomic E-state index is -0.0809. The molecule has 20 heavy (non-hydrogen) atoms. The molecular formula is C17H27NO2. The van der Waals surface area contributed by atoms with Crippen LogP contribution in [0, 0.1) is 5.92 Å². The maximum Gasteiger partial charge on any atom is 0.127 e. The number of nitrogens with one attached hydrogen (secondary N) is 1. The standard InChI is InChI=1S/C17H27NO2/c1-12(2)15(11-19-5)18-10-14-8-6-7-13-9-17(3,4)20-16(13)14/h6-8,12,15,18H,9-11H2,1-5H3. The summed E-state index contributed by atoms with van der Waals surface area (Å²) >= 11 is 0. The molecule has 0 aliphatic carbocycles. The molecule has 0 aromatic heterocycles. The lowest BCUT2D eigenvalue weighted by Crippen LogP contribution is -2.37. The van der Waals surface area contributed by atoms with E-state index in [2.05, 4.69) is 51.2 Å².